The van der Waals surface area contributed by atoms with Crippen molar-refractivity contribution >= 4 is 18.0 Å². The Balaban J connectivity index is 3.63. The Morgan fingerprint density at radius 3 is 2.33 bits per heavy atom. The van der Waals surface area contributed by atoms with E-state index in [0.29, 0.717) is 6.42 Å². The highest BCUT2D eigenvalue weighted by Crippen LogP contribution is 2.03. The number of ether oxygens (including phenoxy) is 2. The van der Waals surface area contributed by atoms with Gasteiger partial charge in [-0.2, -0.15) is 0 Å². The molecule has 0 aliphatic carbocycles. The number of aliphatic hydroxyl groups is 1. The number of alkyl carbamates (subject to hydrolysis) is 1. The number of carbonyl (C=O) groups is 3. The number of aliphatic carboxylic acids is 1. The Labute approximate surface area is 123 Å². The minimum absolute atomic E-state index is 0.0864. The molecule has 0 aliphatic heterocycles. The fourth-order valence-corrected chi connectivity index (χ4v) is 1.43. The number of amides is 1. The molecule has 8 heteroatoms. The van der Waals surface area contributed by atoms with Crippen LogP contribution >= 0.6 is 0 Å². The second kappa shape index (κ2) is 12.0. The highest BCUT2D eigenvalue weighted by molar-refractivity contribution is 5.79. The molecular weight excluding hydrogens is 282 g/mol. The molecule has 0 saturated heterocycles. The van der Waals surface area contributed by atoms with E-state index >= 15 is 0 Å². The van der Waals surface area contributed by atoms with E-state index in [2.05, 4.69) is 11.7 Å². The molecule has 21 heavy (non-hydrogen) atoms. The zero-order valence-electron chi connectivity index (χ0n) is 12.2. The van der Waals surface area contributed by atoms with Gasteiger partial charge in [0.25, 0.3) is 0 Å². The summed E-state index contributed by atoms with van der Waals surface area (Å²) in [4.78, 5) is 33.0. The minimum atomic E-state index is -1.42. The fourth-order valence-electron chi connectivity index (χ4n) is 1.43. The van der Waals surface area contributed by atoms with E-state index in [9.17, 15) is 14.4 Å². The van der Waals surface area contributed by atoms with Gasteiger partial charge in [-0.15, -0.1) is 0 Å². The molecule has 3 N–H and O–H groups in total. The van der Waals surface area contributed by atoms with E-state index in [0.717, 1.165) is 25.7 Å². The molecule has 0 aromatic heterocycles. The van der Waals surface area contributed by atoms with Crippen LogP contribution in [0.15, 0.2) is 0 Å². The number of carboxylic acid groups (broad SMARTS) is 1. The third-order valence-corrected chi connectivity index (χ3v) is 2.59. The van der Waals surface area contributed by atoms with Crippen molar-refractivity contribution in [3.8, 4) is 0 Å². The summed E-state index contributed by atoms with van der Waals surface area (Å²) in [5.41, 5.74) is 0. The van der Waals surface area contributed by atoms with Crippen molar-refractivity contribution in [1.82, 2.24) is 5.32 Å². The van der Waals surface area contributed by atoms with Crippen LogP contribution in [0.4, 0.5) is 4.79 Å². The normalized spacial score (nSPS) is 11.5. The Morgan fingerprint density at radius 2 is 1.76 bits per heavy atom. The van der Waals surface area contributed by atoms with Gasteiger partial charge in [0.15, 0.2) is 6.04 Å². The number of rotatable bonds is 11. The lowest BCUT2D eigenvalue weighted by Gasteiger charge is -2.12. The third-order valence-electron chi connectivity index (χ3n) is 2.59. The molecule has 0 aromatic carbocycles. The van der Waals surface area contributed by atoms with Crippen molar-refractivity contribution in [3.63, 3.8) is 0 Å². The number of carboxylic acids is 1. The van der Waals surface area contributed by atoms with Gasteiger partial charge in [-0.25, -0.2) is 9.59 Å². The number of unbranched alkanes of at least 4 members (excludes halogenated alkanes) is 3. The lowest BCUT2D eigenvalue weighted by Crippen LogP contribution is -2.43. The first-order valence-electron chi connectivity index (χ1n) is 6.93. The van der Waals surface area contributed by atoms with E-state index in [-0.39, 0.29) is 19.2 Å². The number of carbonyl (C=O) groups excluding carboxylic acids is 2. The molecule has 8 nitrogen and oxygen atoms in total. The molecule has 0 heterocycles. The van der Waals surface area contributed by atoms with Crippen molar-refractivity contribution in [2.24, 2.45) is 0 Å². The monoisotopic (exact) mass is 305 g/mol. The van der Waals surface area contributed by atoms with E-state index in [4.69, 9.17) is 14.9 Å². The Bertz CT molecular complexity index is 332. The summed E-state index contributed by atoms with van der Waals surface area (Å²) in [5.74, 6) is -1.72. The van der Waals surface area contributed by atoms with Gasteiger partial charge in [-0.1, -0.05) is 26.2 Å². The topological polar surface area (TPSA) is 122 Å². The van der Waals surface area contributed by atoms with Crippen LogP contribution in [0.5, 0.6) is 0 Å². The second-order valence-electron chi connectivity index (χ2n) is 4.38. The number of nitrogens with one attached hydrogen (secondary N) is 1. The highest BCUT2D eigenvalue weighted by Gasteiger charge is 2.19. The molecule has 122 valence electrons. The zero-order chi connectivity index (χ0) is 16.1. The number of esters is 1. The van der Waals surface area contributed by atoms with Crippen molar-refractivity contribution in [3.05, 3.63) is 0 Å². The summed E-state index contributed by atoms with van der Waals surface area (Å²) in [6, 6.07) is -1.42. The van der Waals surface area contributed by atoms with Gasteiger partial charge in [-0.05, 0) is 6.42 Å². The SMILES string of the molecule is CCCCCCC(=O)OCCOC(=O)N[C@H](CO)C(=O)O. The fraction of sp³-hybridized carbons (Fsp3) is 0.769. The van der Waals surface area contributed by atoms with E-state index in [1.165, 1.54) is 0 Å². The van der Waals surface area contributed by atoms with Crippen molar-refractivity contribution < 1.29 is 34.1 Å². The first-order valence-corrected chi connectivity index (χ1v) is 6.93. The number of hydrogen-bond donors (Lipinski definition) is 3. The predicted molar refractivity (Wildman–Crippen MR) is 72.7 cm³/mol. The third kappa shape index (κ3) is 10.6. The van der Waals surface area contributed by atoms with Gasteiger partial charge in [0, 0.05) is 6.42 Å². The van der Waals surface area contributed by atoms with Crippen LogP contribution < -0.4 is 5.32 Å². The van der Waals surface area contributed by atoms with Gasteiger partial charge < -0.3 is 25.0 Å². The average Bonchev–Trinajstić information content (AvgIpc) is 2.45. The van der Waals surface area contributed by atoms with Crippen LogP contribution in [-0.4, -0.2) is 54.1 Å². The first kappa shape index (κ1) is 19.2. The molecule has 0 spiro atoms. The van der Waals surface area contributed by atoms with Gasteiger partial charge in [-0.3, -0.25) is 4.79 Å². The lowest BCUT2D eigenvalue weighted by atomic mass is 10.2. The lowest BCUT2D eigenvalue weighted by molar-refractivity contribution is -0.144. The second-order valence-corrected chi connectivity index (χ2v) is 4.38. The highest BCUT2D eigenvalue weighted by atomic mass is 16.6. The standard InChI is InChI=1S/C13H23NO7/c1-2-3-4-5-6-11(16)20-7-8-21-13(19)14-10(9-15)12(17)18/h10,15H,2-9H2,1H3,(H,14,19)(H,17,18)/t10-/m1/s1. The number of aliphatic hydroxyl groups excluding tert-OH is 1. The smallest absolute Gasteiger partial charge is 0.408 e. The molecule has 0 rings (SSSR count). The zero-order valence-corrected chi connectivity index (χ0v) is 12.2. The summed E-state index contributed by atoms with van der Waals surface area (Å²) in [7, 11) is 0. The van der Waals surface area contributed by atoms with E-state index < -0.39 is 24.7 Å². The maximum Gasteiger partial charge on any atom is 0.408 e. The Hall–Kier alpha value is -1.83. The van der Waals surface area contributed by atoms with Crippen LogP contribution in [0.1, 0.15) is 39.0 Å². The molecule has 0 radical (unpaired) electrons. The molecule has 0 aromatic rings. The van der Waals surface area contributed by atoms with Crippen LogP contribution in [0.3, 0.4) is 0 Å². The van der Waals surface area contributed by atoms with Crippen molar-refractivity contribution in [2.75, 3.05) is 19.8 Å². The van der Waals surface area contributed by atoms with Crippen molar-refractivity contribution in [2.45, 2.75) is 45.1 Å². The van der Waals surface area contributed by atoms with Gasteiger partial charge >= 0.3 is 18.0 Å². The average molecular weight is 305 g/mol. The summed E-state index contributed by atoms with van der Waals surface area (Å²) in [5, 5.41) is 19.2. The Morgan fingerprint density at radius 1 is 1.10 bits per heavy atom. The van der Waals surface area contributed by atoms with Crippen LogP contribution in [0, 0.1) is 0 Å². The molecule has 0 unspecified atom stereocenters. The summed E-state index contributed by atoms with van der Waals surface area (Å²) < 4.78 is 9.46. The van der Waals surface area contributed by atoms with Gasteiger partial charge in [0.2, 0.25) is 0 Å². The molecular formula is C13H23NO7. The van der Waals surface area contributed by atoms with Crippen LogP contribution in [0.25, 0.3) is 0 Å². The van der Waals surface area contributed by atoms with E-state index in [1.807, 2.05) is 5.32 Å². The quantitative estimate of drug-likeness (QED) is 0.379. The minimum Gasteiger partial charge on any atom is -0.480 e. The van der Waals surface area contributed by atoms with Crippen LogP contribution in [-0.2, 0) is 19.1 Å². The van der Waals surface area contributed by atoms with Gasteiger partial charge in [0.05, 0.1) is 6.61 Å². The largest absolute Gasteiger partial charge is 0.480 e. The van der Waals surface area contributed by atoms with Gasteiger partial charge in [0.1, 0.15) is 13.2 Å². The van der Waals surface area contributed by atoms with E-state index in [1.54, 1.807) is 0 Å². The summed E-state index contributed by atoms with van der Waals surface area (Å²) in [6.45, 7) is 1.07. The van der Waals surface area contributed by atoms with Crippen molar-refractivity contribution in [1.29, 1.82) is 0 Å². The molecule has 0 fully saturated rings. The maximum absolute atomic E-state index is 11.3. The first-order chi connectivity index (χ1) is 10.0. The molecule has 0 aliphatic rings. The number of hydrogen-bond acceptors (Lipinski definition) is 6. The molecule has 1 atom stereocenters. The summed E-state index contributed by atoms with van der Waals surface area (Å²) >= 11 is 0. The molecule has 1 amide bonds. The summed E-state index contributed by atoms with van der Waals surface area (Å²) in [6.07, 6.45) is 3.25. The molecule has 0 saturated carbocycles. The molecule has 0 bridgehead atoms. The van der Waals surface area contributed by atoms with Crippen LogP contribution in [0.2, 0.25) is 0 Å². The Kier molecular flexibility index (Phi) is 10.9. The predicted octanol–water partition coefficient (Wildman–Crippen LogP) is 0.672. The maximum atomic E-state index is 11.3.